The highest BCUT2D eigenvalue weighted by Crippen LogP contribution is 2.20. The number of ketones is 1. The van der Waals surface area contributed by atoms with Crippen molar-refractivity contribution in [3.63, 3.8) is 0 Å². The number of para-hydroxylation sites is 1. The van der Waals surface area contributed by atoms with Crippen molar-refractivity contribution in [1.82, 2.24) is 4.90 Å². The van der Waals surface area contributed by atoms with Crippen LogP contribution in [0.2, 0.25) is 0 Å². The zero-order valence-electron chi connectivity index (χ0n) is 12.7. The molecule has 21 heavy (non-hydrogen) atoms. The van der Waals surface area contributed by atoms with Crippen LogP contribution in [0.25, 0.3) is 11.0 Å². The quantitative estimate of drug-likeness (QED) is 0.759. The van der Waals surface area contributed by atoms with Gasteiger partial charge in [-0.1, -0.05) is 32.0 Å². The summed E-state index contributed by atoms with van der Waals surface area (Å²) < 4.78 is 5.62. The molecule has 0 bridgehead atoms. The average Bonchev–Trinajstić information content (AvgIpc) is 2.92. The first-order valence-electron chi connectivity index (χ1n) is 7.56. The molecule has 114 valence electrons. The summed E-state index contributed by atoms with van der Waals surface area (Å²) in [6, 6.07) is 9.71. The molecule has 4 heteroatoms. The minimum absolute atomic E-state index is 0.0356. The van der Waals surface area contributed by atoms with Crippen LogP contribution in [0.15, 0.2) is 34.7 Å². The van der Waals surface area contributed by atoms with Gasteiger partial charge in [0.15, 0.2) is 5.76 Å². The number of benzene rings is 1. The van der Waals surface area contributed by atoms with Gasteiger partial charge in [0.05, 0.1) is 13.2 Å². The van der Waals surface area contributed by atoms with E-state index >= 15 is 0 Å². The summed E-state index contributed by atoms with van der Waals surface area (Å²) in [7, 11) is 0. The maximum Gasteiger partial charge on any atom is 0.211 e. The molecule has 4 nitrogen and oxygen atoms in total. The Kier molecular flexibility index (Phi) is 5.53. The van der Waals surface area contributed by atoms with Gasteiger partial charge in [-0.25, -0.2) is 0 Å². The molecular formula is C17H23NO3. The Morgan fingerprint density at radius 2 is 2.00 bits per heavy atom. The van der Waals surface area contributed by atoms with Crippen molar-refractivity contribution in [3.8, 4) is 0 Å². The van der Waals surface area contributed by atoms with Gasteiger partial charge in [0.1, 0.15) is 5.58 Å². The topological polar surface area (TPSA) is 53.7 Å². The number of hydrogen-bond donors (Lipinski definition) is 1. The number of carbonyl (C=O) groups excluding carboxylic acids is 1. The molecule has 0 atom stereocenters. The second kappa shape index (κ2) is 7.38. The van der Waals surface area contributed by atoms with Gasteiger partial charge in [-0.2, -0.15) is 0 Å². The highest BCUT2D eigenvalue weighted by atomic mass is 16.3. The van der Waals surface area contributed by atoms with Gasteiger partial charge < -0.3 is 9.52 Å². The lowest BCUT2D eigenvalue weighted by Gasteiger charge is -2.28. The van der Waals surface area contributed by atoms with Crippen molar-refractivity contribution in [1.29, 1.82) is 0 Å². The van der Waals surface area contributed by atoms with Crippen molar-refractivity contribution in [3.05, 3.63) is 36.1 Å². The number of aliphatic hydroxyl groups is 1. The summed E-state index contributed by atoms with van der Waals surface area (Å²) >= 11 is 0. The lowest BCUT2D eigenvalue weighted by Crippen LogP contribution is -2.40. The Hall–Kier alpha value is -1.65. The Labute approximate surface area is 125 Å². The monoisotopic (exact) mass is 289 g/mol. The molecule has 1 N–H and O–H groups in total. The van der Waals surface area contributed by atoms with Crippen LogP contribution in [-0.2, 0) is 0 Å². The Balaban J connectivity index is 2.14. The van der Waals surface area contributed by atoms with Gasteiger partial charge in [0.25, 0.3) is 0 Å². The molecule has 0 unspecified atom stereocenters. The molecule has 2 rings (SSSR count). The van der Waals surface area contributed by atoms with E-state index in [1.54, 1.807) is 6.07 Å². The summed E-state index contributed by atoms with van der Waals surface area (Å²) in [6.07, 6.45) is 1.92. The van der Waals surface area contributed by atoms with Crippen LogP contribution >= 0.6 is 0 Å². The molecule has 1 aromatic carbocycles. The first kappa shape index (κ1) is 15.7. The number of aliphatic hydroxyl groups excluding tert-OH is 1. The number of hydrogen-bond acceptors (Lipinski definition) is 4. The lowest BCUT2D eigenvalue weighted by molar-refractivity contribution is 0.0826. The van der Waals surface area contributed by atoms with Gasteiger partial charge in [0, 0.05) is 18.0 Å². The molecule has 1 heterocycles. The normalized spacial score (nSPS) is 11.7. The number of furan rings is 1. The molecule has 0 aliphatic heterocycles. The third-order valence-corrected chi connectivity index (χ3v) is 3.89. The average molecular weight is 289 g/mol. The minimum atomic E-state index is -0.0356. The van der Waals surface area contributed by atoms with E-state index in [0.29, 0.717) is 18.3 Å². The Bertz CT molecular complexity index is 553. The van der Waals surface area contributed by atoms with Crippen molar-refractivity contribution in [2.45, 2.75) is 32.7 Å². The number of rotatable bonds is 8. The van der Waals surface area contributed by atoms with Crippen LogP contribution in [0.3, 0.4) is 0 Å². The zero-order chi connectivity index (χ0) is 15.2. The number of fused-ring (bicyclic) bond motifs is 1. The van der Waals surface area contributed by atoms with Gasteiger partial charge in [-0.15, -0.1) is 0 Å². The maximum absolute atomic E-state index is 12.4. The molecule has 0 spiro atoms. The van der Waals surface area contributed by atoms with Crippen molar-refractivity contribution in [2.75, 3.05) is 19.7 Å². The van der Waals surface area contributed by atoms with Gasteiger partial charge >= 0.3 is 0 Å². The van der Waals surface area contributed by atoms with Crippen molar-refractivity contribution < 1.29 is 14.3 Å². The first-order valence-corrected chi connectivity index (χ1v) is 7.56. The van der Waals surface area contributed by atoms with Crippen LogP contribution in [0.1, 0.15) is 37.2 Å². The summed E-state index contributed by atoms with van der Waals surface area (Å²) in [5, 5.41) is 10.1. The van der Waals surface area contributed by atoms with E-state index in [4.69, 9.17) is 4.42 Å². The molecule has 0 amide bonds. The van der Waals surface area contributed by atoms with Crippen LogP contribution in [0.4, 0.5) is 0 Å². The van der Waals surface area contributed by atoms with Gasteiger partial charge in [-0.3, -0.25) is 9.69 Å². The summed E-state index contributed by atoms with van der Waals surface area (Å²) in [5.41, 5.74) is 0.733. The third kappa shape index (κ3) is 3.71. The van der Waals surface area contributed by atoms with Crippen molar-refractivity contribution >= 4 is 16.8 Å². The molecule has 0 radical (unpaired) electrons. The first-order chi connectivity index (χ1) is 10.2. The van der Waals surface area contributed by atoms with Crippen LogP contribution < -0.4 is 0 Å². The summed E-state index contributed by atoms with van der Waals surface area (Å²) in [4.78, 5) is 14.5. The van der Waals surface area contributed by atoms with E-state index in [1.165, 1.54) is 0 Å². The van der Waals surface area contributed by atoms with Gasteiger partial charge in [-0.05, 0) is 25.0 Å². The molecule has 0 saturated heterocycles. The minimum Gasteiger partial charge on any atom is -0.453 e. The smallest absolute Gasteiger partial charge is 0.211 e. The number of carbonyl (C=O) groups is 1. The fourth-order valence-electron chi connectivity index (χ4n) is 2.71. The van der Waals surface area contributed by atoms with E-state index in [-0.39, 0.29) is 18.9 Å². The molecule has 2 aromatic rings. The predicted octanol–water partition coefficient (Wildman–Crippen LogP) is 3.10. The van der Waals surface area contributed by atoms with Gasteiger partial charge in [0.2, 0.25) is 5.78 Å². The Morgan fingerprint density at radius 1 is 1.29 bits per heavy atom. The second-order valence-electron chi connectivity index (χ2n) is 5.24. The lowest BCUT2D eigenvalue weighted by atomic mass is 10.1. The SMILES string of the molecule is CCC(CC)N(CCO)CC(=O)c1cc2ccccc2o1. The van der Waals surface area contributed by atoms with Crippen molar-refractivity contribution in [2.24, 2.45) is 0 Å². The molecule has 0 fully saturated rings. The fraction of sp³-hybridized carbons (Fsp3) is 0.471. The highest BCUT2D eigenvalue weighted by Gasteiger charge is 2.20. The van der Waals surface area contributed by atoms with E-state index < -0.39 is 0 Å². The number of nitrogens with zero attached hydrogens (tertiary/aromatic N) is 1. The zero-order valence-corrected chi connectivity index (χ0v) is 12.7. The van der Waals surface area contributed by atoms with E-state index in [0.717, 1.165) is 23.8 Å². The van der Waals surface area contributed by atoms with E-state index in [9.17, 15) is 9.90 Å². The van der Waals surface area contributed by atoms with E-state index in [2.05, 4.69) is 13.8 Å². The predicted molar refractivity (Wildman–Crippen MR) is 83.6 cm³/mol. The highest BCUT2D eigenvalue weighted by molar-refractivity contribution is 5.98. The fourth-order valence-corrected chi connectivity index (χ4v) is 2.71. The van der Waals surface area contributed by atoms with Crippen LogP contribution in [0, 0.1) is 0 Å². The number of Topliss-reactive ketones (excluding diaryl/α,β-unsaturated/α-hetero) is 1. The molecule has 1 aromatic heterocycles. The Morgan fingerprint density at radius 3 is 2.62 bits per heavy atom. The van der Waals surface area contributed by atoms with E-state index in [1.807, 2.05) is 29.2 Å². The van der Waals surface area contributed by atoms with Crippen LogP contribution in [0.5, 0.6) is 0 Å². The molecular weight excluding hydrogens is 266 g/mol. The summed E-state index contributed by atoms with van der Waals surface area (Å²) in [6.45, 7) is 5.06. The molecule has 0 aliphatic rings. The van der Waals surface area contributed by atoms with Crippen LogP contribution in [-0.4, -0.2) is 41.5 Å². The standard InChI is InChI=1S/C17H23NO3/c1-3-14(4-2)18(9-10-19)12-15(20)17-11-13-7-5-6-8-16(13)21-17/h5-8,11,14,19H,3-4,9-10,12H2,1-2H3. The molecule has 0 aliphatic carbocycles. The third-order valence-electron chi connectivity index (χ3n) is 3.89. The maximum atomic E-state index is 12.4. The largest absolute Gasteiger partial charge is 0.453 e. The summed E-state index contributed by atoms with van der Waals surface area (Å²) in [5.74, 6) is 0.358. The second-order valence-corrected chi connectivity index (χ2v) is 5.24. The molecule has 0 saturated carbocycles.